The Bertz CT molecular complexity index is 1100. The summed E-state index contributed by atoms with van der Waals surface area (Å²) in [5, 5.41) is 7.78. The van der Waals surface area contributed by atoms with E-state index in [4.69, 9.17) is 4.74 Å². The molecule has 0 saturated carbocycles. The van der Waals surface area contributed by atoms with Crippen LogP contribution in [0.5, 0.6) is 5.75 Å². The molecule has 3 unspecified atom stereocenters. The van der Waals surface area contributed by atoms with Gasteiger partial charge in [0.05, 0.1) is 5.69 Å². The molecule has 0 radical (unpaired) electrons. The number of ether oxygens (including phenoxy) is 1. The summed E-state index contributed by atoms with van der Waals surface area (Å²) >= 11 is 0. The number of nitrogens with zero attached hydrogens (tertiary/aromatic N) is 3. The average Bonchev–Trinajstić information content (AvgIpc) is 2.81. The van der Waals surface area contributed by atoms with Gasteiger partial charge in [-0.15, -0.1) is 12.4 Å². The van der Waals surface area contributed by atoms with Gasteiger partial charge in [0.1, 0.15) is 24.2 Å². The number of nitrogens with one attached hydrogen (secondary N) is 2. The summed E-state index contributed by atoms with van der Waals surface area (Å²) in [6.07, 6.45) is 2.27. The molecular weight excluding hydrogens is 433 g/mol. The van der Waals surface area contributed by atoms with E-state index in [1.54, 1.807) is 6.07 Å². The van der Waals surface area contributed by atoms with E-state index < -0.39 is 6.04 Å². The minimum atomic E-state index is -0.401. The van der Waals surface area contributed by atoms with Gasteiger partial charge in [0.15, 0.2) is 5.84 Å². The number of halogens is 2. The SMILES string of the molecule is CC1C(=O)NN=C2COc3cc(-c4ccccc4F)c(N4CC5CCC4CN5)cc3N21.Cl. The second-order valence-corrected chi connectivity index (χ2v) is 8.64. The van der Waals surface area contributed by atoms with Gasteiger partial charge in [-0.2, -0.15) is 5.10 Å². The van der Waals surface area contributed by atoms with Crippen molar-refractivity contribution >= 4 is 35.5 Å². The van der Waals surface area contributed by atoms with Gasteiger partial charge in [0, 0.05) is 42.0 Å². The minimum Gasteiger partial charge on any atom is -0.483 e. The van der Waals surface area contributed by atoms with E-state index in [-0.39, 0.29) is 30.7 Å². The van der Waals surface area contributed by atoms with Crippen molar-refractivity contribution in [1.29, 1.82) is 0 Å². The lowest BCUT2D eigenvalue weighted by molar-refractivity contribution is -0.122. The molecule has 32 heavy (non-hydrogen) atoms. The van der Waals surface area contributed by atoms with E-state index in [0.717, 1.165) is 42.9 Å². The maximum absolute atomic E-state index is 14.9. The molecule has 7 rings (SSSR count). The third-order valence-electron chi connectivity index (χ3n) is 6.86. The Morgan fingerprint density at radius 2 is 2.00 bits per heavy atom. The Labute approximate surface area is 192 Å². The van der Waals surface area contributed by atoms with Crippen LogP contribution < -0.4 is 25.3 Å². The minimum absolute atomic E-state index is 0. The number of piperazine rings is 1. The standard InChI is InChI=1S/C23H24FN5O2.ClH/c1-13-23(30)27-26-22-12-31-21-8-17(16-4-2-3-5-18(16)24)19(9-20(21)29(13)22)28-11-14-6-7-15(28)10-25-14;/h2-5,8-9,13-15,25H,6-7,10-12H2,1H3,(H,27,30);1H. The van der Waals surface area contributed by atoms with Crippen molar-refractivity contribution in [2.24, 2.45) is 5.10 Å². The smallest absolute Gasteiger partial charge is 0.262 e. The van der Waals surface area contributed by atoms with Crippen LogP contribution in [-0.2, 0) is 4.79 Å². The molecule has 0 aromatic heterocycles. The fraction of sp³-hybridized carbons (Fsp3) is 0.391. The van der Waals surface area contributed by atoms with Crippen molar-refractivity contribution < 1.29 is 13.9 Å². The lowest BCUT2D eigenvalue weighted by Crippen LogP contribution is -2.61. The molecule has 2 N–H and O–H groups in total. The van der Waals surface area contributed by atoms with Gasteiger partial charge in [-0.05, 0) is 38.0 Å². The third-order valence-corrected chi connectivity index (χ3v) is 6.86. The summed E-state index contributed by atoms with van der Waals surface area (Å²) in [6.45, 7) is 3.91. The van der Waals surface area contributed by atoms with Crippen LogP contribution >= 0.6 is 12.4 Å². The predicted molar refractivity (Wildman–Crippen MR) is 124 cm³/mol. The van der Waals surface area contributed by atoms with Gasteiger partial charge in [0.25, 0.3) is 5.91 Å². The van der Waals surface area contributed by atoms with E-state index in [1.165, 1.54) is 6.07 Å². The molecule has 5 aliphatic rings. The Hall–Kier alpha value is -2.84. The average molecular weight is 458 g/mol. The Morgan fingerprint density at radius 3 is 2.72 bits per heavy atom. The molecule has 2 aromatic carbocycles. The van der Waals surface area contributed by atoms with Crippen LogP contribution in [-0.4, -0.2) is 49.6 Å². The maximum Gasteiger partial charge on any atom is 0.262 e. The zero-order chi connectivity index (χ0) is 21.1. The molecule has 2 aromatic rings. The number of benzene rings is 2. The van der Waals surface area contributed by atoms with Crippen LogP contribution in [0.3, 0.4) is 0 Å². The molecule has 5 heterocycles. The van der Waals surface area contributed by atoms with Crippen LogP contribution in [0.2, 0.25) is 0 Å². The fourth-order valence-electron chi connectivity index (χ4n) is 5.20. The van der Waals surface area contributed by atoms with E-state index >= 15 is 0 Å². The molecule has 3 atom stereocenters. The third kappa shape index (κ3) is 3.20. The molecule has 3 fully saturated rings. The Morgan fingerprint density at radius 1 is 1.16 bits per heavy atom. The molecule has 1 amide bonds. The molecule has 9 heteroatoms. The number of piperidine rings is 2. The fourth-order valence-corrected chi connectivity index (χ4v) is 5.20. The topological polar surface area (TPSA) is 69.2 Å². The van der Waals surface area contributed by atoms with E-state index in [1.807, 2.05) is 30.0 Å². The van der Waals surface area contributed by atoms with Crippen molar-refractivity contribution in [1.82, 2.24) is 10.7 Å². The van der Waals surface area contributed by atoms with Gasteiger partial charge in [-0.25, -0.2) is 9.82 Å². The number of anilines is 2. The molecule has 168 valence electrons. The second-order valence-electron chi connectivity index (χ2n) is 8.64. The van der Waals surface area contributed by atoms with Crippen molar-refractivity contribution in [2.45, 2.75) is 37.9 Å². The number of hydrogen-bond acceptors (Lipinski definition) is 6. The summed E-state index contributed by atoms with van der Waals surface area (Å²) in [4.78, 5) is 16.6. The number of carbonyl (C=O) groups excluding carboxylic acids is 1. The van der Waals surface area contributed by atoms with Crippen molar-refractivity contribution in [3.63, 3.8) is 0 Å². The highest BCUT2D eigenvalue weighted by Crippen LogP contribution is 2.46. The van der Waals surface area contributed by atoms with Crippen molar-refractivity contribution in [3.05, 3.63) is 42.2 Å². The largest absolute Gasteiger partial charge is 0.483 e. The van der Waals surface area contributed by atoms with Crippen molar-refractivity contribution in [2.75, 3.05) is 29.5 Å². The highest BCUT2D eigenvalue weighted by Gasteiger charge is 2.39. The van der Waals surface area contributed by atoms with Gasteiger partial charge in [0.2, 0.25) is 0 Å². The van der Waals surface area contributed by atoms with Crippen LogP contribution in [0.15, 0.2) is 41.5 Å². The van der Waals surface area contributed by atoms with Crippen LogP contribution in [0.25, 0.3) is 11.1 Å². The van der Waals surface area contributed by atoms with Crippen molar-refractivity contribution in [3.8, 4) is 16.9 Å². The lowest BCUT2D eigenvalue weighted by Gasteiger charge is -2.48. The number of amides is 1. The molecule has 5 aliphatic heterocycles. The molecular formula is C23H25ClFN5O2. The summed E-state index contributed by atoms with van der Waals surface area (Å²) < 4.78 is 20.9. The summed E-state index contributed by atoms with van der Waals surface area (Å²) in [6, 6.07) is 11.2. The molecule has 0 aliphatic carbocycles. The quantitative estimate of drug-likeness (QED) is 0.725. The van der Waals surface area contributed by atoms with Crippen LogP contribution in [0.4, 0.5) is 15.8 Å². The second kappa shape index (κ2) is 7.94. The maximum atomic E-state index is 14.9. The number of carbonyl (C=O) groups is 1. The number of hydrazone groups is 1. The zero-order valence-electron chi connectivity index (χ0n) is 17.7. The Balaban J connectivity index is 0.00000216. The van der Waals surface area contributed by atoms with E-state index in [2.05, 4.69) is 26.8 Å². The summed E-state index contributed by atoms with van der Waals surface area (Å²) in [5.41, 5.74) is 5.72. The molecule has 2 bridgehead atoms. The van der Waals surface area contributed by atoms with Gasteiger partial charge >= 0.3 is 0 Å². The van der Waals surface area contributed by atoms with Crippen LogP contribution in [0.1, 0.15) is 19.8 Å². The summed E-state index contributed by atoms with van der Waals surface area (Å²) in [5.74, 6) is 0.902. The summed E-state index contributed by atoms with van der Waals surface area (Å²) in [7, 11) is 0. The van der Waals surface area contributed by atoms with Crippen LogP contribution in [0, 0.1) is 5.82 Å². The van der Waals surface area contributed by atoms with E-state index in [9.17, 15) is 9.18 Å². The lowest BCUT2D eigenvalue weighted by atomic mass is 9.90. The van der Waals surface area contributed by atoms with Gasteiger partial charge < -0.3 is 19.9 Å². The van der Waals surface area contributed by atoms with Gasteiger partial charge in [-0.1, -0.05) is 18.2 Å². The highest BCUT2D eigenvalue weighted by molar-refractivity contribution is 6.10. The molecule has 3 saturated heterocycles. The Kier molecular flexibility index (Phi) is 5.22. The number of amidine groups is 1. The first-order chi connectivity index (χ1) is 15.1. The highest BCUT2D eigenvalue weighted by atomic mass is 35.5. The molecule has 7 nitrogen and oxygen atoms in total. The zero-order valence-corrected chi connectivity index (χ0v) is 18.5. The first kappa shape index (κ1) is 21.0. The normalized spacial score (nSPS) is 25.8. The predicted octanol–water partition coefficient (Wildman–Crippen LogP) is 2.89. The van der Waals surface area contributed by atoms with Gasteiger partial charge in [-0.3, -0.25) is 4.79 Å². The number of hydrogen-bond donors (Lipinski definition) is 2. The van der Waals surface area contributed by atoms with E-state index in [0.29, 0.717) is 29.2 Å². The number of fused-ring (bicyclic) bond motifs is 6. The first-order valence-corrected chi connectivity index (χ1v) is 10.8. The first-order valence-electron chi connectivity index (χ1n) is 10.8. The monoisotopic (exact) mass is 457 g/mol. The molecule has 0 spiro atoms. The number of rotatable bonds is 2.